The number of nitrogens with one attached hydrogen (secondary N) is 3. The van der Waals surface area contributed by atoms with E-state index in [1.165, 1.54) is 18.0 Å². The number of amides is 1. The summed E-state index contributed by atoms with van der Waals surface area (Å²) in [6.45, 7) is 4.01. The minimum Gasteiger partial charge on any atom is -0.492 e. The number of nitrogens with zero attached hydrogens (tertiary/aromatic N) is 3. The maximum Gasteiger partial charge on any atom is 0.258 e. The van der Waals surface area contributed by atoms with E-state index in [1.807, 2.05) is 69.6 Å². The Morgan fingerprint density at radius 2 is 1.92 bits per heavy atom. The molecule has 0 atom stereocenters. The highest BCUT2D eigenvalue weighted by Gasteiger charge is 2.13. The van der Waals surface area contributed by atoms with Crippen LogP contribution in [-0.2, 0) is 6.54 Å². The van der Waals surface area contributed by atoms with E-state index >= 15 is 0 Å². The molecule has 0 aliphatic rings. The lowest BCUT2D eigenvalue weighted by Crippen LogP contribution is -2.19. The van der Waals surface area contributed by atoms with Crippen molar-refractivity contribution in [1.29, 1.82) is 0 Å². The molecule has 9 heteroatoms. The van der Waals surface area contributed by atoms with Crippen molar-refractivity contribution in [3.8, 4) is 17.0 Å². The lowest BCUT2D eigenvalue weighted by molar-refractivity contribution is 0.102. The maximum atomic E-state index is 12.9. The molecule has 0 fully saturated rings. The number of ether oxygens (including phenoxy) is 1. The number of anilines is 1. The fraction of sp³-hybridized carbons (Fsp3) is 0.207. The summed E-state index contributed by atoms with van der Waals surface area (Å²) in [5.41, 5.74) is 4.88. The van der Waals surface area contributed by atoms with Gasteiger partial charge in [-0.05, 0) is 56.9 Å². The third-order valence-electron chi connectivity index (χ3n) is 6.21. The summed E-state index contributed by atoms with van der Waals surface area (Å²) in [6.07, 6.45) is 4.73. The van der Waals surface area contributed by atoms with E-state index in [1.54, 1.807) is 16.9 Å². The van der Waals surface area contributed by atoms with Crippen LogP contribution in [-0.4, -0.2) is 57.8 Å². The molecular weight excluding hydrogens is 480 g/mol. The van der Waals surface area contributed by atoms with Crippen molar-refractivity contribution < 1.29 is 9.53 Å². The monoisotopic (exact) mass is 510 g/mol. The van der Waals surface area contributed by atoms with Crippen LogP contribution in [0.1, 0.15) is 21.5 Å². The molecule has 0 unspecified atom stereocenters. The molecular formula is C29H30N6O3. The number of fused-ring (bicyclic) bond motifs is 1. The molecule has 3 heterocycles. The largest absolute Gasteiger partial charge is 0.492 e. The second kappa shape index (κ2) is 10.8. The van der Waals surface area contributed by atoms with Crippen molar-refractivity contribution in [3.05, 3.63) is 100 Å². The summed E-state index contributed by atoms with van der Waals surface area (Å²) in [5.74, 6) is 0.456. The highest BCUT2D eigenvalue weighted by atomic mass is 16.5. The second-order valence-electron chi connectivity index (χ2n) is 9.58. The smallest absolute Gasteiger partial charge is 0.258 e. The van der Waals surface area contributed by atoms with E-state index in [0.717, 1.165) is 28.8 Å². The lowest BCUT2D eigenvalue weighted by Gasteiger charge is -2.10. The molecule has 0 aliphatic heterocycles. The summed E-state index contributed by atoms with van der Waals surface area (Å²) < 4.78 is 7.55. The normalized spacial score (nSPS) is 11.3. The molecule has 0 aliphatic carbocycles. The molecule has 38 heavy (non-hydrogen) atoms. The molecule has 194 valence electrons. The molecule has 9 nitrogen and oxygen atoms in total. The molecule has 5 rings (SSSR count). The maximum absolute atomic E-state index is 12.9. The lowest BCUT2D eigenvalue weighted by atomic mass is 10.1. The number of aromatic nitrogens is 4. The van der Waals surface area contributed by atoms with Crippen LogP contribution in [0.15, 0.2) is 78.0 Å². The summed E-state index contributed by atoms with van der Waals surface area (Å²) in [6, 6.07) is 17.5. The highest BCUT2D eigenvalue weighted by molar-refractivity contribution is 6.04. The quantitative estimate of drug-likeness (QED) is 0.275. The van der Waals surface area contributed by atoms with Gasteiger partial charge in [0.1, 0.15) is 12.4 Å². The van der Waals surface area contributed by atoms with E-state index in [4.69, 9.17) is 4.74 Å². The number of H-pyrrole nitrogens is 2. The Morgan fingerprint density at radius 3 is 2.71 bits per heavy atom. The van der Waals surface area contributed by atoms with Gasteiger partial charge in [0.05, 0.1) is 35.2 Å². The first-order chi connectivity index (χ1) is 18.3. The minimum absolute atomic E-state index is 0.261. The number of carbonyl (C=O) groups is 1. The van der Waals surface area contributed by atoms with Gasteiger partial charge in [-0.2, -0.15) is 5.10 Å². The van der Waals surface area contributed by atoms with Gasteiger partial charge in [0.15, 0.2) is 0 Å². The minimum atomic E-state index is -0.311. The second-order valence-corrected chi connectivity index (χ2v) is 9.58. The highest BCUT2D eigenvalue weighted by Crippen LogP contribution is 2.26. The fourth-order valence-corrected chi connectivity index (χ4v) is 4.10. The van der Waals surface area contributed by atoms with Gasteiger partial charge in [-0.15, -0.1) is 0 Å². The first-order valence-electron chi connectivity index (χ1n) is 12.4. The van der Waals surface area contributed by atoms with E-state index in [2.05, 4.69) is 25.3 Å². The van der Waals surface area contributed by atoms with Crippen LogP contribution < -0.4 is 15.6 Å². The number of aromatic amines is 2. The first-order valence-corrected chi connectivity index (χ1v) is 12.4. The van der Waals surface area contributed by atoms with Gasteiger partial charge >= 0.3 is 0 Å². The molecule has 0 saturated carbocycles. The SMILES string of the molecule is Cc1ccc(Cn2cc(C(=O)Nc3c[nH]c(=O)c(-c4cc5cc(OCCN(C)C)ccc5[nH]4)c3)cn2)cc1. The van der Waals surface area contributed by atoms with E-state index in [-0.39, 0.29) is 11.5 Å². The molecule has 0 radical (unpaired) electrons. The third-order valence-corrected chi connectivity index (χ3v) is 6.21. The Kier molecular flexibility index (Phi) is 7.10. The Morgan fingerprint density at radius 1 is 1.11 bits per heavy atom. The van der Waals surface area contributed by atoms with Crippen molar-refractivity contribution in [2.45, 2.75) is 13.5 Å². The van der Waals surface area contributed by atoms with E-state index in [0.29, 0.717) is 35.7 Å². The van der Waals surface area contributed by atoms with Crippen molar-refractivity contribution in [3.63, 3.8) is 0 Å². The summed E-state index contributed by atoms with van der Waals surface area (Å²) in [7, 11) is 4.00. The Bertz CT molecular complexity index is 1630. The fourth-order valence-electron chi connectivity index (χ4n) is 4.10. The standard InChI is InChI=1S/C29H30N6O3/c1-19-4-6-20(7-5-19)17-35-18-22(15-31-35)28(36)32-23-14-25(29(37)30-16-23)27-13-21-12-24(8-9-26(21)33-27)38-11-10-34(2)3/h4-9,12-16,18,33H,10-11,17H2,1-3H3,(H,30,37)(H,32,36). The molecule has 1 amide bonds. The van der Waals surface area contributed by atoms with Crippen molar-refractivity contribution >= 4 is 22.5 Å². The number of benzene rings is 2. The number of likely N-dealkylation sites (N-methyl/N-ethyl adjacent to an activating group) is 1. The van der Waals surface area contributed by atoms with Gasteiger partial charge in [-0.3, -0.25) is 14.3 Å². The van der Waals surface area contributed by atoms with Crippen LogP contribution in [0.5, 0.6) is 5.75 Å². The molecule has 0 bridgehead atoms. The summed E-state index contributed by atoms with van der Waals surface area (Å²) >= 11 is 0. The number of rotatable bonds is 9. The Labute approximate surface area is 220 Å². The van der Waals surface area contributed by atoms with E-state index in [9.17, 15) is 9.59 Å². The van der Waals surface area contributed by atoms with Gasteiger partial charge in [0.2, 0.25) is 0 Å². The average Bonchev–Trinajstić information content (AvgIpc) is 3.53. The van der Waals surface area contributed by atoms with Gasteiger partial charge in [0, 0.05) is 29.8 Å². The zero-order chi connectivity index (χ0) is 26.6. The van der Waals surface area contributed by atoms with Gasteiger partial charge < -0.3 is 24.9 Å². The van der Waals surface area contributed by atoms with Crippen LogP contribution >= 0.6 is 0 Å². The van der Waals surface area contributed by atoms with Crippen LogP contribution in [0.3, 0.4) is 0 Å². The number of carbonyl (C=O) groups excluding carboxylic acids is 1. The number of aryl methyl sites for hydroxylation is 1. The number of hydrogen-bond acceptors (Lipinski definition) is 5. The van der Waals surface area contributed by atoms with Crippen LogP contribution in [0.25, 0.3) is 22.2 Å². The van der Waals surface area contributed by atoms with Crippen LogP contribution in [0.4, 0.5) is 5.69 Å². The van der Waals surface area contributed by atoms with Crippen molar-refractivity contribution in [1.82, 2.24) is 24.6 Å². The van der Waals surface area contributed by atoms with Gasteiger partial charge in [-0.1, -0.05) is 29.8 Å². The summed E-state index contributed by atoms with van der Waals surface area (Å²) in [5, 5.41) is 8.10. The molecule has 2 aromatic carbocycles. The molecule has 0 saturated heterocycles. The zero-order valence-electron chi connectivity index (χ0n) is 21.6. The third kappa shape index (κ3) is 5.84. The Balaban J connectivity index is 1.30. The zero-order valence-corrected chi connectivity index (χ0v) is 21.6. The molecule has 3 aromatic heterocycles. The first kappa shape index (κ1) is 25.0. The van der Waals surface area contributed by atoms with Gasteiger partial charge in [0.25, 0.3) is 11.5 Å². The van der Waals surface area contributed by atoms with Gasteiger partial charge in [-0.25, -0.2) is 0 Å². The summed E-state index contributed by atoms with van der Waals surface area (Å²) in [4.78, 5) is 33.6. The topological polar surface area (TPSA) is 108 Å². The predicted octanol–water partition coefficient (Wildman–Crippen LogP) is 4.27. The number of pyridine rings is 1. The average molecular weight is 511 g/mol. The molecule has 3 N–H and O–H groups in total. The van der Waals surface area contributed by atoms with Crippen molar-refractivity contribution in [2.75, 3.05) is 32.6 Å². The predicted molar refractivity (Wildman–Crippen MR) is 149 cm³/mol. The van der Waals surface area contributed by atoms with Crippen molar-refractivity contribution in [2.24, 2.45) is 0 Å². The Hall–Kier alpha value is -4.63. The molecule has 0 spiro atoms. The van der Waals surface area contributed by atoms with Crippen LogP contribution in [0.2, 0.25) is 0 Å². The van der Waals surface area contributed by atoms with E-state index < -0.39 is 0 Å². The number of hydrogen-bond donors (Lipinski definition) is 3. The van der Waals surface area contributed by atoms with Crippen LogP contribution in [0, 0.1) is 6.92 Å². The molecule has 5 aromatic rings.